The summed E-state index contributed by atoms with van der Waals surface area (Å²) in [6, 6.07) is 7.85. The van der Waals surface area contributed by atoms with E-state index in [1.54, 1.807) is 11.0 Å². The van der Waals surface area contributed by atoms with E-state index >= 15 is 0 Å². The van der Waals surface area contributed by atoms with Gasteiger partial charge in [0, 0.05) is 6.54 Å². The quantitative estimate of drug-likeness (QED) is 0.894. The van der Waals surface area contributed by atoms with Gasteiger partial charge in [0.05, 0.1) is 11.2 Å². The molecule has 6 nitrogen and oxygen atoms in total. The number of rotatable bonds is 4. The van der Waals surface area contributed by atoms with Crippen LogP contribution in [0, 0.1) is 0 Å². The molecule has 1 aliphatic rings. The van der Waals surface area contributed by atoms with Crippen LogP contribution in [-0.4, -0.2) is 26.2 Å². The highest BCUT2D eigenvalue weighted by atomic mass is 35.5. The molecule has 0 radical (unpaired) electrons. The molecule has 1 amide bonds. The van der Waals surface area contributed by atoms with E-state index in [9.17, 15) is 4.79 Å². The molecule has 1 fully saturated rings. The largest absolute Gasteiger partial charge is 0.350 e. The van der Waals surface area contributed by atoms with Crippen molar-refractivity contribution in [2.45, 2.75) is 44.2 Å². The maximum atomic E-state index is 12.3. The Morgan fingerprint density at radius 3 is 2.78 bits per heavy atom. The molecule has 0 saturated heterocycles. The summed E-state index contributed by atoms with van der Waals surface area (Å²) in [5.41, 5.74) is 7.48. The lowest BCUT2D eigenvalue weighted by Crippen LogP contribution is -2.54. The summed E-state index contributed by atoms with van der Waals surface area (Å²) in [5, 5.41) is 7.08. The zero-order chi connectivity index (χ0) is 15.4. The molecule has 1 aliphatic carbocycles. The molecule has 3 N–H and O–H groups in total. The normalized spacial score (nSPS) is 16.4. The third kappa shape index (κ3) is 4.09. The fraction of sp³-hybridized carbons (Fsp3) is 0.438. The number of nitrogens with one attached hydrogen (secondary N) is 1. The van der Waals surface area contributed by atoms with E-state index in [0.717, 1.165) is 36.9 Å². The van der Waals surface area contributed by atoms with Crippen molar-refractivity contribution in [3.05, 3.63) is 42.5 Å². The first-order valence-electron chi connectivity index (χ1n) is 7.68. The SMILES string of the molecule is Cl.NC1(C(=O)NCc2cccc(-n3cncn3)c2)CCCCC1. The summed E-state index contributed by atoms with van der Waals surface area (Å²) in [6.45, 7) is 0.473. The molecule has 1 aromatic heterocycles. The van der Waals surface area contributed by atoms with Crippen LogP contribution in [0.5, 0.6) is 0 Å². The minimum absolute atomic E-state index is 0. The standard InChI is InChI=1S/C16H21N5O.ClH/c17-16(7-2-1-3-8-16)15(22)19-10-13-5-4-6-14(9-13)21-12-18-11-20-21;/h4-6,9,11-12H,1-3,7-8,10,17H2,(H,19,22);1H. The lowest BCUT2D eigenvalue weighted by molar-refractivity contribution is -0.127. The molecule has 3 rings (SSSR count). The number of hydrogen-bond donors (Lipinski definition) is 2. The van der Waals surface area contributed by atoms with E-state index in [2.05, 4.69) is 15.4 Å². The lowest BCUT2D eigenvalue weighted by atomic mass is 9.82. The maximum Gasteiger partial charge on any atom is 0.240 e. The molecule has 1 aromatic carbocycles. The van der Waals surface area contributed by atoms with Crippen LogP contribution in [0.1, 0.15) is 37.7 Å². The van der Waals surface area contributed by atoms with Crippen molar-refractivity contribution in [2.75, 3.05) is 0 Å². The Balaban J connectivity index is 0.00000192. The van der Waals surface area contributed by atoms with Gasteiger partial charge < -0.3 is 11.1 Å². The van der Waals surface area contributed by atoms with Crippen LogP contribution in [0.3, 0.4) is 0 Å². The molecule has 124 valence electrons. The number of benzene rings is 1. The number of amides is 1. The van der Waals surface area contributed by atoms with Gasteiger partial charge in [-0.2, -0.15) is 5.10 Å². The smallest absolute Gasteiger partial charge is 0.240 e. The Morgan fingerprint density at radius 2 is 2.09 bits per heavy atom. The Bertz CT molecular complexity index is 638. The van der Waals surface area contributed by atoms with Gasteiger partial charge in [-0.05, 0) is 30.5 Å². The molecule has 0 aliphatic heterocycles. The van der Waals surface area contributed by atoms with Gasteiger partial charge in [0.15, 0.2) is 0 Å². The average molecular weight is 336 g/mol. The molecular formula is C16H22ClN5O. The maximum absolute atomic E-state index is 12.3. The van der Waals surface area contributed by atoms with Crippen molar-refractivity contribution in [3.63, 3.8) is 0 Å². The van der Waals surface area contributed by atoms with Gasteiger partial charge in [0.1, 0.15) is 12.7 Å². The highest BCUT2D eigenvalue weighted by Crippen LogP contribution is 2.26. The third-order valence-electron chi connectivity index (χ3n) is 4.24. The van der Waals surface area contributed by atoms with Crippen LogP contribution in [0.25, 0.3) is 5.69 Å². The second-order valence-electron chi connectivity index (χ2n) is 5.91. The van der Waals surface area contributed by atoms with Gasteiger partial charge in [-0.25, -0.2) is 9.67 Å². The number of aromatic nitrogens is 3. The van der Waals surface area contributed by atoms with E-state index in [4.69, 9.17) is 5.73 Å². The predicted molar refractivity (Wildman–Crippen MR) is 90.5 cm³/mol. The Morgan fingerprint density at radius 1 is 1.30 bits per heavy atom. The number of carbonyl (C=O) groups is 1. The monoisotopic (exact) mass is 335 g/mol. The molecule has 7 heteroatoms. The first kappa shape index (κ1) is 17.4. The van der Waals surface area contributed by atoms with Gasteiger partial charge in [0.25, 0.3) is 0 Å². The number of halogens is 1. The first-order valence-corrected chi connectivity index (χ1v) is 7.68. The molecule has 0 unspecified atom stereocenters. The molecule has 23 heavy (non-hydrogen) atoms. The fourth-order valence-corrected chi connectivity index (χ4v) is 2.92. The molecule has 2 aromatic rings. The van der Waals surface area contributed by atoms with Crippen molar-refractivity contribution in [2.24, 2.45) is 5.73 Å². The Labute approximate surface area is 141 Å². The fourth-order valence-electron chi connectivity index (χ4n) is 2.92. The summed E-state index contributed by atoms with van der Waals surface area (Å²) in [6.07, 6.45) is 7.93. The van der Waals surface area contributed by atoms with E-state index in [1.165, 1.54) is 12.7 Å². The van der Waals surface area contributed by atoms with Gasteiger partial charge in [0.2, 0.25) is 5.91 Å². The average Bonchev–Trinajstić information content (AvgIpc) is 3.08. The molecule has 0 spiro atoms. The molecule has 0 atom stereocenters. The Kier molecular flexibility index (Phi) is 5.74. The molecular weight excluding hydrogens is 314 g/mol. The summed E-state index contributed by atoms with van der Waals surface area (Å²) >= 11 is 0. The third-order valence-corrected chi connectivity index (χ3v) is 4.24. The van der Waals surface area contributed by atoms with E-state index in [0.29, 0.717) is 6.54 Å². The van der Waals surface area contributed by atoms with Crippen molar-refractivity contribution in [1.29, 1.82) is 0 Å². The number of hydrogen-bond acceptors (Lipinski definition) is 4. The minimum atomic E-state index is -0.693. The molecule has 0 bridgehead atoms. The predicted octanol–water partition coefficient (Wildman–Crippen LogP) is 1.97. The number of carbonyl (C=O) groups excluding carboxylic acids is 1. The summed E-state index contributed by atoms with van der Waals surface area (Å²) < 4.78 is 1.69. The van der Waals surface area contributed by atoms with Crippen LogP contribution in [0.4, 0.5) is 0 Å². The van der Waals surface area contributed by atoms with Crippen molar-refractivity contribution < 1.29 is 4.79 Å². The minimum Gasteiger partial charge on any atom is -0.350 e. The first-order chi connectivity index (χ1) is 10.7. The van der Waals surface area contributed by atoms with E-state index in [-0.39, 0.29) is 18.3 Å². The number of nitrogens with zero attached hydrogens (tertiary/aromatic N) is 3. The van der Waals surface area contributed by atoms with Gasteiger partial charge >= 0.3 is 0 Å². The zero-order valence-corrected chi connectivity index (χ0v) is 13.8. The molecule has 1 saturated carbocycles. The highest BCUT2D eigenvalue weighted by Gasteiger charge is 2.34. The van der Waals surface area contributed by atoms with Crippen LogP contribution in [0.2, 0.25) is 0 Å². The summed E-state index contributed by atoms with van der Waals surface area (Å²) in [7, 11) is 0. The topological polar surface area (TPSA) is 85.8 Å². The number of nitrogens with two attached hydrogens (primary N) is 1. The van der Waals surface area contributed by atoms with Crippen LogP contribution in [0.15, 0.2) is 36.9 Å². The lowest BCUT2D eigenvalue weighted by Gasteiger charge is -2.31. The van der Waals surface area contributed by atoms with Crippen molar-refractivity contribution >= 4 is 18.3 Å². The van der Waals surface area contributed by atoms with Gasteiger partial charge in [-0.1, -0.05) is 31.4 Å². The second-order valence-corrected chi connectivity index (χ2v) is 5.91. The van der Waals surface area contributed by atoms with Crippen LogP contribution < -0.4 is 11.1 Å². The van der Waals surface area contributed by atoms with Crippen LogP contribution in [-0.2, 0) is 11.3 Å². The van der Waals surface area contributed by atoms with Crippen LogP contribution >= 0.6 is 12.4 Å². The highest BCUT2D eigenvalue weighted by molar-refractivity contribution is 5.86. The van der Waals surface area contributed by atoms with E-state index in [1.807, 2.05) is 24.3 Å². The molecule has 1 heterocycles. The second kappa shape index (κ2) is 7.57. The van der Waals surface area contributed by atoms with Crippen molar-refractivity contribution in [3.8, 4) is 5.69 Å². The zero-order valence-electron chi connectivity index (χ0n) is 12.9. The van der Waals surface area contributed by atoms with Gasteiger partial charge in [-0.15, -0.1) is 12.4 Å². The summed E-state index contributed by atoms with van der Waals surface area (Å²) in [5.74, 6) is -0.0432. The van der Waals surface area contributed by atoms with Crippen molar-refractivity contribution in [1.82, 2.24) is 20.1 Å². The Hall–Kier alpha value is -1.92. The van der Waals surface area contributed by atoms with Gasteiger partial charge in [-0.3, -0.25) is 4.79 Å². The van der Waals surface area contributed by atoms with E-state index < -0.39 is 5.54 Å². The summed E-state index contributed by atoms with van der Waals surface area (Å²) in [4.78, 5) is 16.3.